The average molecular weight is 496 g/mol. The van der Waals surface area contributed by atoms with Gasteiger partial charge < -0.3 is 15.0 Å². The fourth-order valence-corrected chi connectivity index (χ4v) is 4.15. The van der Waals surface area contributed by atoms with Crippen molar-refractivity contribution in [2.24, 2.45) is 0 Å². The molecule has 0 saturated heterocycles. The maximum absolute atomic E-state index is 13.3. The van der Waals surface area contributed by atoms with Crippen molar-refractivity contribution in [3.8, 4) is 0 Å². The number of carboxylic acid groups (broad SMARTS) is 1. The van der Waals surface area contributed by atoms with Crippen LogP contribution in [0.25, 0.3) is 11.0 Å². The van der Waals surface area contributed by atoms with Crippen molar-refractivity contribution in [1.82, 2.24) is 14.9 Å². The highest BCUT2D eigenvalue weighted by Crippen LogP contribution is 2.31. The van der Waals surface area contributed by atoms with Gasteiger partial charge in [-0.3, -0.25) is 4.79 Å². The third-order valence-electron chi connectivity index (χ3n) is 6.11. The number of hydrogen-bond acceptors (Lipinski definition) is 3. The number of fused-ring (bicyclic) bond motifs is 1. The molecule has 0 aliphatic rings. The number of rotatable bonds is 7. The van der Waals surface area contributed by atoms with Gasteiger partial charge in [0.05, 0.1) is 22.7 Å². The molecule has 9 heteroatoms. The molecule has 0 unspecified atom stereocenters. The van der Waals surface area contributed by atoms with Gasteiger partial charge in [-0.15, -0.1) is 0 Å². The number of halogens is 3. The van der Waals surface area contributed by atoms with Gasteiger partial charge in [-0.05, 0) is 67.3 Å². The molecule has 1 atom stereocenters. The summed E-state index contributed by atoms with van der Waals surface area (Å²) < 4.78 is 40.7. The van der Waals surface area contributed by atoms with Crippen molar-refractivity contribution in [2.45, 2.75) is 39.0 Å². The zero-order valence-electron chi connectivity index (χ0n) is 19.6. The summed E-state index contributed by atoms with van der Waals surface area (Å²) in [5, 5.41) is 12.7. The normalized spacial score (nSPS) is 12.5. The molecule has 4 rings (SSSR count). The van der Waals surface area contributed by atoms with Crippen LogP contribution >= 0.6 is 0 Å². The molecule has 0 aliphatic carbocycles. The summed E-state index contributed by atoms with van der Waals surface area (Å²) in [4.78, 5) is 28.9. The van der Waals surface area contributed by atoms with Crippen LogP contribution < -0.4 is 5.32 Å². The number of nitrogens with zero attached hydrogens (tertiary/aromatic N) is 2. The predicted octanol–water partition coefficient (Wildman–Crippen LogP) is 5.86. The van der Waals surface area contributed by atoms with Crippen molar-refractivity contribution in [2.75, 3.05) is 0 Å². The van der Waals surface area contributed by atoms with Crippen molar-refractivity contribution in [3.63, 3.8) is 0 Å². The summed E-state index contributed by atoms with van der Waals surface area (Å²) in [5.74, 6) is -1.36. The number of alkyl halides is 3. The zero-order chi connectivity index (χ0) is 26.0. The first-order valence-corrected chi connectivity index (χ1v) is 11.4. The van der Waals surface area contributed by atoms with Crippen molar-refractivity contribution in [1.29, 1.82) is 0 Å². The van der Waals surface area contributed by atoms with E-state index < -0.39 is 23.8 Å². The highest BCUT2D eigenvalue weighted by molar-refractivity contribution is 6.07. The molecule has 2 heterocycles. The van der Waals surface area contributed by atoms with Crippen molar-refractivity contribution < 1.29 is 27.9 Å². The van der Waals surface area contributed by atoms with Crippen LogP contribution in [0.4, 0.5) is 13.2 Å². The summed E-state index contributed by atoms with van der Waals surface area (Å²) in [6.07, 6.45) is -0.722. The van der Waals surface area contributed by atoms with E-state index in [9.17, 15) is 22.8 Å². The minimum absolute atomic E-state index is 0.155. The molecular weight excluding hydrogens is 471 g/mol. The van der Waals surface area contributed by atoms with Gasteiger partial charge in [0.1, 0.15) is 5.65 Å². The lowest BCUT2D eigenvalue weighted by molar-refractivity contribution is -0.137. The molecule has 0 saturated carbocycles. The van der Waals surface area contributed by atoms with E-state index in [1.165, 1.54) is 24.3 Å². The summed E-state index contributed by atoms with van der Waals surface area (Å²) in [6, 6.07) is 12.6. The number of benzene rings is 2. The summed E-state index contributed by atoms with van der Waals surface area (Å²) >= 11 is 0. The van der Waals surface area contributed by atoms with Gasteiger partial charge in [-0.2, -0.15) is 13.2 Å². The number of aryl methyl sites for hydroxylation is 1. The summed E-state index contributed by atoms with van der Waals surface area (Å²) in [7, 11) is 0. The molecule has 0 aliphatic heterocycles. The van der Waals surface area contributed by atoms with Crippen LogP contribution in [-0.2, 0) is 19.1 Å². The predicted molar refractivity (Wildman–Crippen MR) is 129 cm³/mol. The van der Waals surface area contributed by atoms with E-state index in [2.05, 4.69) is 10.3 Å². The standard InChI is InChI=1S/C27H24F3N3O3/c1-3-33-15-22(25(34)32-16(2)18-6-8-19(9-7-18)26(35)36)23-20(12-13-31-24(23)33)14-17-4-10-21(11-5-17)27(28,29)30/h4-13,15-16H,3,14H2,1-2H3,(H,32,34)(H,35,36)/t16-/m0/s1. The first-order chi connectivity index (χ1) is 17.1. The summed E-state index contributed by atoms with van der Waals surface area (Å²) in [6.45, 7) is 4.30. The first-order valence-electron chi connectivity index (χ1n) is 11.4. The van der Waals surface area contributed by atoms with E-state index in [1.807, 2.05) is 11.5 Å². The lowest BCUT2D eigenvalue weighted by Gasteiger charge is -2.15. The van der Waals surface area contributed by atoms with E-state index in [1.54, 1.807) is 37.5 Å². The monoisotopic (exact) mass is 495 g/mol. The van der Waals surface area contributed by atoms with Gasteiger partial charge in [-0.25, -0.2) is 9.78 Å². The number of carboxylic acids is 1. The summed E-state index contributed by atoms with van der Waals surface area (Å²) in [5.41, 5.74) is 2.67. The molecule has 36 heavy (non-hydrogen) atoms. The van der Waals surface area contributed by atoms with Crippen LogP contribution in [0.3, 0.4) is 0 Å². The van der Waals surface area contributed by atoms with E-state index in [-0.39, 0.29) is 11.5 Å². The SMILES string of the molecule is CCn1cc(C(=O)N[C@@H](C)c2ccc(C(=O)O)cc2)c2c(Cc3ccc(C(F)(F)F)cc3)ccnc21. The Labute approximate surface area is 205 Å². The number of aromatic nitrogens is 2. The largest absolute Gasteiger partial charge is 0.478 e. The Bertz CT molecular complexity index is 1410. The van der Waals surface area contributed by atoms with Crippen LogP contribution in [-0.4, -0.2) is 26.5 Å². The number of carbonyl (C=O) groups is 2. The topological polar surface area (TPSA) is 84.2 Å². The number of hydrogen-bond donors (Lipinski definition) is 2. The lowest BCUT2D eigenvalue weighted by Crippen LogP contribution is -2.26. The van der Waals surface area contributed by atoms with E-state index in [0.29, 0.717) is 35.1 Å². The molecule has 0 fully saturated rings. The Kier molecular flexibility index (Phi) is 6.83. The van der Waals surface area contributed by atoms with Gasteiger partial charge in [0, 0.05) is 24.3 Å². The van der Waals surface area contributed by atoms with E-state index >= 15 is 0 Å². The van der Waals surface area contributed by atoms with Crippen molar-refractivity contribution >= 4 is 22.9 Å². The molecule has 6 nitrogen and oxygen atoms in total. The molecule has 0 bridgehead atoms. The molecule has 2 aromatic carbocycles. The molecule has 186 valence electrons. The number of nitrogens with one attached hydrogen (secondary N) is 1. The third kappa shape index (κ3) is 5.10. The molecular formula is C27H24F3N3O3. The van der Waals surface area contributed by atoms with Crippen molar-refractivity contribution in [3.05, 3.63) is 100 Å². The zero-order valence-corrected chi connectivity index (χ0v) is 19.6. The second kappa shape index (κ2) is 9.85. The van der Waals surface area contributed by atoms with Gasteiger partial charge in [0.2, 0.25) is 0 Å². The number of pyridine rings is 1. The highest BCUT2D eigenvalue weighted by Gasteiger charge is 2.30. The van der Waals surface area contributed by atoms with E-state index in [4.69, 9.17) is 5.11 Å². The molecule has 4 aromatic rings. The quantitative estimate of drug-likeness (QED) is 0.337. The second-order valence-electron chi connectivity index (χ2n) is 8.49. The van der Waals surface area contributed by atoms with Crippen LogP contribution in [0.2, 0.25) is 0 Å². The highest BCUT2D eigenvalue weighted by atomic mass is 19.4. The van der Waals surface area contributed by atoms with E-state index in [0.717, 1.165) is 23.3 Å². The minimum Gasteiger partial charge on any atom is -0.478 e. The van der Waals surface area contributed by atoms with Crippen LogP contribution in [0.15, 0.2) is 67.0 Å². The first kappa shape index (κ1) is 25.0. The van der Waals surface area contributed by atoms with Gasteiger partial charge in [-0.1, -0.05) is 24.3 Å². The maximum Gasteiger partial charge on any atom is 0.416 e. The molecule has 0 radical (unpaired) electrons. The van der Waals surface area contributed by atoms with Crippen LogP contribution in [0.5, 0.6) is 0 Å². The smallest absolute Gasteiger partial charge is 0.416 e. The second-order valence-corrected chi connectivity index (χ2v) is 8.49. The molecule has 2 N–H and O–H groups in total. The number of amides is 1. The van der Waals surface area contributed by atoms with Gasteiger partial charge >= 0.3 is 12.1 Å². The Morgan fingerprint density at radius 3 is 2.31 bits per heavy atom. The third-order valence-corrected chi connectivity index (χ3v) is 6.11. The fraction of sp³-hybridized carbons (Fsp3) is 0.222. The number of aromatic carboxylic acids is 1. The molecule has 0 spiro atoms. The maximum atomic E-state index is 13.3. The van der Waals surface area contributed by atoms with Gasteiger partial charge in [0.15, 0.2) is 0 Å². The Balaban J connectivity index is 1.65. The minimum atomic E-state index is -4.41. The van der Waals surface area contributed by atoms with Crippen LogP contribution in [0.1, 0.15) is 62.9 Å². The Morgan fingerprint density at radius 1 is 1.06 bits per heavy atom. The number of carbonyl (C=O) groups excluding carboxylic acids is 1. The Morgan fingerprint density at radius 2 is 1.72 bits per heavy atom. The molecule has 1 amide bonds. The average Bonchev–Trinajstić information content (AvgIpc) is 3.24. The molecule has 2 aromatic heterocycles. The van der Waals surface area contributed by atoms with Crippen LogP contribution in [0, 0.1) is 0 Å². The lowest BCUT2D eigenvalue weighted by atomic mass is 9.99. The van der Waals surface area contributed by atoms with Gasteiger partial charge in [0.25, 0.3) is 5.91 Å². The fourth-order valence-electron chi connectivity index (χ4n) is 4.15. The Hall–Kier alpha value is -4.14.